The van der Waals surface area contributed by atoms with Crippen LogP contribution in [0.25, 0.3) is 0 Å². The number of piperidine rings is 1. The molecule has 2 rings (SSSR count). The molecule has 92 valence electrons. The third-order valence-corrected chi connectivity index (χ3v) is 3.77. The quantitative estimate of drug-likeness (QED) is 0.757. The molecule has 2 fully saturated rings. The van der Waals surface area contributed by atoms with Gasteiger partial charge in [-0.2, -0.15) is 0 Å². The van der Waals surface area contributed by atoms with Crippen molar-refractivity contribution in [3.05, 3.63) is 0 Å². The number of nitrogens with one attached hydrogen (secondary N) is 1. The molecule has 16 heavy (non-hydrogen) atoms. The number of amides is 1. The van der Waals surface area contributed by atoms with Crippen LogP contribution >= 0.6 is 0 Å². The highest BCUT2D eigenvalue weighted by Gasteiger charge is 2.25. The zero-order valence-electron chi connectivity index (χ0n) is 9.82. The minimum atomic E-state index is -0.768. The Morgan fingerprint density at radius 1 is 1.06 bits per heavy atom. The van der Waals surface area contributed by atoms with E-state index in [0.717, 1.165) is 12.8 Å². The van der Waals surface area contributed by atoms with Crippen molar-refractivity contribution in [1.29, 1.82) is 0 Å². The van der Waals surface area contributed by atoms with E-state index in [1.165, 1.54) is 32.1 Å². The molecule has 1 atom stereocenters. The Bertz CT molecular complexity index is 239. The number of nitrogens with zero attached hydrogens (tertiary/aromatic N) is 1. The van der Waals surface area contributed by atoms with Gasteiger partial charge in [-0.05, 0) is 25.7 Å². The van der Waals surface area contributed by atoms with E-state index in [2.05, 4.69) is 5.32 Å². The molecule has 0 spiro atoms. The monoisotopic (exact) mass is 226 g/mol. The minimum absolute atomic E-state index is 0.382. The van der Waals surface area contributed by atoms with E-state index >= 15 is 0 Å². The van der Waals surface area contributed by atoms with Gasteiger partial charge in [0.05, 0.1) is 0 Å². The molecular formula is C12H22N2O2. The molecule has 1 saturated carbocycles. The lowest BCUT2D eigenvalue weighted by molar-refractivity contribution is 0.122. The first kappa shape index (κ1) is 11.7. The second kappa shape index (κ2) is 5.53. The summed E-state index contributed by atoms with van der Waals surface area (Å²) in [6, 6.07) is 1.01. The van der Waals surface area contributed by atoms with E-state index in [1.54, 1.807) is 4.90 Å². The van der Waals surface area contributed by atoms with E-state index in [1.807, 2.05) is 0 Å². The molecule has 0 radical (unpaired) electrons. The van der Waals surface area contributed by atoms with Crippen molar-refractivity contribution in [3.8, 4) is 0 Å². The Balaban J connectivity index is 1.78. The second-order valence-corrected chi connectivity index (χ2v) is 5.07. The van der Waals surface area contributed by atoms with Crippen LogP contribution in [0.5, 0.6) is 0 Å². The molecule has 4 nitrogen and oxygen atoms in total. The summed E-state index contributed by atoms with van der Waals surface area (Å²) < 4.78 is 0. The Morgan fingerprint density at radius 2 is 1.75 bits per heavy atom. The molecular weight excluding hydrogens is 204 g/mol. The highest BCUT2D eigenvalue weighted by molar-refractivity contribution is 5.65. The molecule has 0 aromatic rings. The van der Waals surface area contributed by atoms with Crippen molar-refractivity contribution >= 4 is 6.09 Å². The summed E-state index contributed by atoms with van der Waals surface area (Å²) in [6.45, 7) is 1.38. The third kappa shape index (κ3) is 3.11. The van der Waals surface area contributed by atoms with Gasteiger partial charge in [-0.25, -0.2) is 4.79 Å². The van der Waals surface area contributed by atoms with Gasteiger partial charge in [0, 0.05) is 25.2 Å². The number of hydrogen-bond donors (Lipinski definition) is 2. The number of rotatable bonds is 2. The van der Waals surface area contributed by atoms with Crippen molar-refractivity contribution in [2.45, 2.75) is 57.0 Å². The molecule has 2 aliphatic rings. The largest absolute Gasteiger partial charge is 0.465 e. The fourth-order valence-corrected chi connectivity index (χ4v) is 2.89. The van der Waals surface area contributed by atoms with E-state index in [0.29, 0.717) is 25.2 Å². The van der Waals surface area contributed by atoms with Crippen LogP contribution in [-0.2, 0) is 0 Å². The topological polar surface area (TPSA) is 52.6 Å². The molecule has 1 saturated heterocycles. The maximum atomic E-state index is 10.9. The highest BCUT2D eigenvalue weighted by Crippen LogP contribution is 2.19. The normalized spacial score (nSPS) is 28.0. The number of carbonyl (C=O) groups is 1. The molecule has 1 unspecified atom stereocenters. The molecule has 0 aromatic heterocycles. The van der Waals surface area contributed by atoms with Gasteiger partial charge in [0.1, 0.15) is 0 Å². The molecule has 1 heterocycles. The second-order valence-electron chi connectivity index (χ2n) is 5.07. The summed E-state index contributed by atoms with van der Waals surface area (Å²) >= 11 is 0. The average Bonchev–Trinajstić information content (AvgIpc) is 2.30. The Labute approximate surface area is 97.0 Å². The smallest absolute Gasteiger partial charge is 0.407 e. The van der Waals surface area contributed by atoms with Crippen LogP contribution < -0.4 is 5.32 Å². The van der Waals surface area contributed by atoms with Gasteiger partial charge in [0.15, 0.2) is 0 Å². The van der Waals surface area contributed by atoms with Crippen molar-refractivity contribution in [1.82, 2.24) is 10.2 Å². The van der Waals surface area contributed by atoms with Crippen LogP contribution in [0.15, 0.2) is 0 Å². The lowest BCUT2D eigenvalue weighted by atomic mass is 9.94. The molecule has 1 amide bonds. The number of carboxylic acid groups (broad SMARTS) is 1. The SMILES string of the molecule is O=C(O)N1CCCC(NC2CCCCC2)C1. The predicted molar refractivity (Wildman–Crippen MR) is 62.6 cm³/mol. The predicted octanol–water partition coefficient (Wildman–Crippen LogP) is 2.05. The van der Waals surface area contributed by atoms with E-state index in [4.69, 9.17) is 5.11 Å². The van der Waals surface area contributed by atoms with Crippen molar-refractivity contribution in [3.63, 3.8) is 0 Å². The summed E-state index contributed by atoms with van der Waals surface area (Å²) in [4.78, 5) is 12.4. The first-order valence-corrected chi connectivity index (χ1v) is 6.49. The van der Waals surface area contributed by atoms with Gasteiger partial charge in [0.2, 0.25) is 0 Å². The van der Waals surface area contributed by atoms with E-state index in [9.17, 15) is 4.79 Å². The summed E-state index contributed by atoms with van der Waals surface area (Å²) in [5, 5.41) is 12.6. The van der Waals surface area contributed by atoms with Crippen molar-refractivity contribution in [2.24, 2.45) is 0 Å². The first-order chi connectivity index (χ1) is 7.75. The molecule has 2 N–H and O–H groups in total. The Kier molecular flexibility index (Phi) is 4.04. The summed E-state index contributed by atoms with van der Waals surface area (Å²) in [7, 11) is 0. The summed E-state index contributed by atoms with van der Waals surface area (Å²) in [5.41, 5.74) is 0. The molecule has 1 aliphatic heterocycles. The van der Waals surface area contributed by atoms with Gasteiger partial charge in [-0.1, -0.05) is 19.3 Å². The number of hydrogen-bond acceptors (Lipinski definition) is 2. The van der Waals surface area contributed by atoms with Gasteiger partial charge < -0.3 is 15.3 Å². The maximum Gasteiger partial charge on any atom is 0.407 e. The van der Waals surface area contributed by atoms with Crippen LogP contribution in [0.2, 0.25) is 0 Å². The zero-order valence-corrected chi connectivity index (χ0v) is 9.82. The van der Waals surface area contributed by atoms with Crippen molar-refractivity contribution in [2.75, 3.05) is 13.1 Å². The van der Waals surface area contributed by atoms with E-state index < -0.39 is 6.09 Å². The maximum absolute atomic E-state index is 10.9. The molecule has 1 aliphatic carbocycles. The Morgan fingerprint density at radius 3 is 2.44 bits per heavy atom. The Hall–Kier alpha value is -0.770. The fourth-order valence-electron chi connectivity index (χ4n) is 2.89. The molecule has 0 bridgehead atoms. The minimum Gasteiger partial charge on any atom is -0.465 e. The van der Waals surface area contributed by atoms with Gasteiger partial charge in [-0.3, -0.25) is 0 Å². The standard InChI is InChI=1S/C12H22N2O2/c15-12(16)14-8-4-7-11(9-14)13-10-5-2-1-3-6-10/h10-11,13H,1-9H2,(H,15,16). The van der Waals surface area contributed by atoms with Crippen molar-refractivity contribution < 1.29 is 9.90 Å². The molecule has 0 aromatic carbocycles. The van der Waals surface area contributed by atoms with Crippen LogP contribution in [0, 0.1) is 0 Å². The van der Waals surface area contributed by atoms with Crippen LogP contribution in [0.3, 0.4) is 0 Å². The zero-order chi connectivity index (χ0) is 11.4. The first-order valence-electron chi connectivity index (χ1n) is 6.49. The van der Waals surface area contributed by atoms with Gasteiger partial charge in [0.25, 0.3) is 0 Å². The molecule has 4 heteroatoms. The highest BCUT2D eigenvalue weighted by atomic mass is 16.4. The fraction of sp³-hybridized carbons (Fsp3) is 0.917. The third-order valence-electron chi connectivity index (χ3n) is 3.77. The van der Waals surface area contributed by atoms with Gasteiger partial charge in [-0.15, -0.1) is 0 Å². The number of likely N-dealkylation sites (tertiary alicyclic amines) is 1. The summed E-state index contributed by atoms with van der Waals surface area (Å²) in [5.74, 6) is 0. The lowest BCUT2D eigenvalue weighted by Gasteiger charge is -2.35. The lowest BCUT2D eigenvalue weighted by Crippen LogP contribution is -2.50. The van der Waals surface area contributed by atoms with Crippen LogP contribution in [-0.4, -0.2) is 41.3 Å². The van der Waals surface area contributed by atoms with E-state index in [-0.39, 0.29) is 0 Å². The van der Waals surface area contributed by atoms with Crippen LogP contribution in [0.4, 0.5) is 4.79 Å². The average molecular weight is 226 g/mol. The summed E-state index contributed by atoms with van der Waals surface area (Å²) in [6.07, 6.45) is 7.91. The van der Waals surface area contributed by atoms with Gasteiger partial charge >= 0.3 is 6.09 Å². The van der Waals surface area contributed by atoms with Crippen LogP contribution in [0.1, 0.15) is 44.9 Å².